The zero-order chi connectivity index (χ0) is 12.8. The first kappa shape index (κ1) is 13.2. The Hall–Kier alpha value is -1.83. The second-order valence-corrected chi connectivity index (χ2v) is 3.17. The number of amides is 1. The van der Waals surface area contributed by atoms with Crippen LogP contribution >= 0.6 is 0 Å². The second kappa shape index (κ2) is 6.04. The SMILES string of the molecule is O=C(c1ccc(=O)[nH]n1)N(CCO)CC(F)F. The van der Waals surface area contributed by atoms with Gasteiger partial charge in [0, 0.05) is 12.6 Å². The van der Waals surface area contributed by atoms with Crippen LogP contribution in [0, 0.1) is 0 Å². The summed E-state index contributed by atoms with van der Waals surface area (Å²) < 4.78 is 24.4. The van der Waals surface area contributed by atoms with Gasteiger partial charge in [0.2, 0.25) is 0 Å². The molecule has 0 radical (unpaired) electrons. The van der Waals surface area contributed by atoms with Gasteiger partial charge in [0.15, 0.2) is 0 Å². The summed E-state index contributed by atoms with van der Waals surface area (Å²) in [4.78, 5) is 23.2. The number of hydrogen-bond donors (Lipinski definition) is 2. The molecule has 0 spiro atoms. The van der Waals surface area contributed by atoms with Gasteiger partial charge < -0.3 is 10.0 Å². The van der Waals surface area contributed by atoms with E-state index in [1.807, 2.05) is 5.10 Å². The van der Waals surface area contributed by atoms with Crippen molar-refractivity contribution in [3.63, 3.8) is 0 Å². The number of aromatic amines is 1. The van der Waals surface area contributed by atoms with Gasteiger partial charge in [-0.1, -0.05) is 0 Å². The molecular formula is C9H11F2N3O3. The number of aliphatic hydroxyl groups excluding tert-OH is 1. The zero-order valence-corrected chi connectivity index (χ0v) is 8.77. The van der Waals surface area contributed by atoms with Gasteiger partial charge in [0.25, 0.3) is 17.9 Å². The lowest BCUT2D eigenvalue weighted by Crippen LogP contribution is -2.38. The summed E-state index contributed by atoms with van der Waals surface area (Å²) >= 11 is 0. The molecule has 0 aliphatic rings. The topological polar surface area (TPSA) is 86.3 Å². The minimum Gasteiger partial charge on any atom is -0.395 e. The Morgan fingerprint density at radius 3 is 2.71 bits per heavy atom. The van der Waals surface area contributed by atoms with E-state index in [4.69, 9.17) is 5.11 Å². The molecule has 1 rings (SSSR count). The average Bonchev–Trinajstić information content (AvgIpc) is 2.28. The number of nitrogens with one attached hydrogen (secondary N) is 1. The van der Waals surface area contributed by atoms with E-state index in [0.29, 0.717) is 0 Å². The Balaban J connectivity index is 2.83. The van der Waals surface area contributed by atoms with Crippen LogP contribution in [0.15, 0.2) is 16.9 Å². The van der Waals surface area contributed by atoms with Gasteiger partial charge in [-0.05, 0) is 6.07 Å². The standard InChI is InChI=1S/C9H11F2N3O3/c10-7(11)5-14(3-4-15)9(17)6-1-2-8(16)13-12-6/h1-2,7,15H,3-5H2,(H,13,16). The van der Waals surface area contributed by atoms with Gasteiger partial charge in [0.1, 0.15) is 5.69 Å². The number of aromatic nitrogens is 2. The second-order valence-electron chi connectivity index (χ2n) is 3.17. The predicted octanol–water partition coefficient (Wildman–Crippen LogP) is -0.531. The first-order chi connectivity index (χ1) is 8.04. The number of aliphatic hydroxyl groups is 1. The van der Waals surface area contributed by atoms with Gasteiger partial charge in [-0.2, -0.15) is 5.10 Å². The highest BCUT2D eigenvalue weighted by atomic mass is 19.3. The van der Waals surface area contributed by atoms with E-state index in [-0.39, 0.29) is 12.2 Å². The lowest BCUT2D eigenvalue weighted by atomic mass is 10.3. The molecule has 1 aromatic heterocycles. The van der Waals surface area contributed by atoms with Gasteiger partial charge in [-0.15, -0.1) is 0 Å². The van der Waals surface area contributed by atoms with Crippen LogP contribution in [0.5, 0.6) is 0 Å². The number of carbonyl (C=O) groups is 1. The fourth-order valence-electron chi connectivity index (χ4n) is 1.19. The van der Waals surface area contributed by atoms with E-state index >= 15 is 0 Å². The van der Waals surface area contributed by atoms with Crippen LogP contribution < -0.4 is 5.56 Å². The lowest BCUT2D eigenvalue weighted by molar-refractivity contribution is 0.0503. The molecule has 1 heterocycles. The largest absolute Gasteiger partial charge is 0.395 e. The Morgan fingerprint density at radius 2 is 2.24 bits per heavy atom. The molecule has 0 aliphatic heterocycles. The summed E-state index contributed by atoms with van der Waals surface area (Å²) in [6.45, 7) is -1.44. The summed E-state index contributed by atoms with van der Waals surface area (Å²) in [7, 11) is 0. The third-order valence-corrected chi connectivity index (χ3v) is 1.91. The highest BCUT2D eigenvalue weighted by Crippen LogP contribution is 2.03. The smallest absolute Gasteiger partial charge is 0.274 e. The monoisotopic (exact) mass is 247 g/mol. The fraction of sp³-hybridized carbons (Fsp3) is 0.444. The summed E-state index contributed by atoms with van der Waals surface area (Å²) in [6, 6.07) is 2.21. The van der Waals surface area contributed by atoms with Crippen LogP contribution in [-0.2, 0) is 0 Å². The molecule has 0 fully saturated rings. The molecule has 8 heteroatoms. The predicted molar refractivity (Wildman–Crippen MR) is 53.9 cm³/mol. The molecule has 0 bridgehead atoms. The maximum absolute atomic E-state index is 12.2. The quantitative estimate of drug-likeness (QED) is 0.732. The molecule has 17 heavy (non-hydrogen) atoms. The van der Waals surface area contributed by atoms with Crippen molar-refractivity contribution in [3.8, 4) is 0 Å². The van der Waals surface area contributed by atoms with E-state index in [9.17, 15) is 18.4 Å². The Labute approximate surface area is 94.9 Å². The number of hydrogen-bond acceptors (Lipinski definition) is 4. The number of nitrogens with zero attached hydrogens (tertiary/aromatic N) is 2. The van der Waals surface area contributed by atoms with E-state index < -0.39 is 31.0 Å². The molecule has 0 aromatic carbocycles. The first-order valence-electron chi connectivity index (χ1n) is 4.78. The minimum atomic E-state index is -2.70. The number of halogens is 2. The summed E-state index contributed by atoms with van der Waals surface area (Å²) in [5.41, 5.74) is -0.650. The van der Waals surface area contributed by atoms with E-state index in [1.165, 1.54) is 0 Å². The molecule has 0 saturated carbocycles. The zero-order valence-electron chi connectivity index (χ0n) is 8.77. The molecule has 1 aromatic rings. The molecule has 2 N–H and O–H groups in total. The third kappa shape index (κ3) is 3.91. The van der Waals surface area contributed by atoms with Crippen LogP contribution in [-0.4, -0.2) is 52.2 Å². The maximum Gasteiger partial charge on any atom is 0.274 e. The lowest BCUT2D eigenvalue weighted by Gasteiger charge is -2.20. The summed E-state index contributed by atoms with van der Waals surface area (Å²) in [5.74, 6) is -0.768. The van der Waals surface area contributed by atoms with Crippen molar-refractivity contribution < 1.29 is 18.7 Å². The highest BCUT2D eigenvalue weighted by Gasteiger charge is 2.20. The minimum absolute atomic E-state index is 0.154. The maximum atomic E-state index is 12.2. The fourth-order valence-corrected chi connectivity index (χ4v) is 1.19. The molecular weight excluding hydrogens is 236 g/mol. The molecule has 0 unspecified atom stereocenters. The van der Waals surface area contributed by atoms with Crippen LogP contribution in [0.4, 0.5) is 8.78 Å². The van der Waals surface area contributed by atoms with Crippen molar-refractivity contribution in [2.24, 2.45) is 0 Å². The Bertz CT molecular complexity index is 415. The van der Waals surface area contributed by atoms with Crippen molar-refractivity contribution in [1.29, 1.82) is 0 Å². The van der Waals surface area contributed by atoms with Crippen molar-refractivity contribution in [2.75, 3.05) is 19.7 Å². The normalized spacial score (nSPS) is 10.6. The molecule has 6 nitrogen and oxygen atoms in total. The number of rotatable bonds is 5. The van der Waals surface area contributed by atoms with Crippen LogP contribution in [0.2, 0.25) is 0 Å². The van der Waals surface area contributed by atoms with Crippen LogP contribution in [0.25, 0.3) is 0 Å². The van der Waals surface area contributed by atoms with Gasteiger partial charge in [0.05, 0.1) is 13.2 Å². The average molecular weight is 247 g/mol. The molecule has 0 saturated heterocycles. The number of H-pyrrole nitrogens is 1. The van der Waals surface area contributed by atoms with Crippen molar-refractivity contribution in [3.05, 3.63) is 28.2 Å². The molecule has 1 amide bonds. The number of carbonyl (C=O) groups excluding carboxylic acids is 1. The number of alkyl halides is 2. The molecule has 94 valence electrons. The Kier molecular flexibility index (Phi) is 4.70. The molecule has 0 atom stereocenters. The first-order valence-corrected chi connectivity index (χ1v) is 4.78. The van der Waals surface area contributed by atoms with Crippen LogP contribution in [0.1, 0.15) is 10.5 Å². The van der Waals surface area contributed by atoms with Crippen molar-refractivity contribution in [1.82, 2.24) is 15.1 Å². The van der Waals surface area contributed by atoms with Gasteiger partial charge in [-0.25, -0.2) is 13.9 Å². The van der Waals surface area contributed by atoms with Crippen molar-refractivity contribution in [2.45, 2.75) is 6.43 Å². The van der Waals surface area contributed by atoms with E-state index in [1.54, 1.807) is 0 Å². The highest BCUT2D eigenvalue weighted by molar-refractivity contribution is 5.92. The third-order valence-electron chi connectivity index (χ3n) is 1.91. The van der Waals surface area contributed by atoms with Gasteiger partial charge in [-0.3, -0.25) is 9.59 Å². The van der Waals surface area contributed by atoms with E-state index in [0.717, 1.165) is 17.0 Å². The summed E-state index contributed by atoms with van der Waals surface area (Å²) in [5, 5.41) is 14.1. The van der Waals surface area contributed by atoms with E-state index in [2.05, 4.69) is 5.10 Å². The Morgan fingerprint density at radius 1 is 1.53 bits per heavy atom. The van der Waals surface area contributed by atoms with Crippen molar-refractivity contribution >= 4 is 5.91 Å². The molecule has 0 aliphatic carbocycles. The van der Waals surface area contributed by atoms with Gasteiger partial charge >= 0.3 is 0 Å². The van der Waals surface area contributed by atoms with Crippen LogP contribution in [0.3, 0.4) is 0 Å². The summed E-state index contributed by atoms with van der Waals surface area (Å²) in [6.07, 6.45) is -2.70.